The van der Waals surface area contributed by atoms with Gasteiger partial charge in [-0.2, -0.15) is 19.7 Å². The number of fused-ring (bicyclic) bond motifs is 3. The third kappa shape index (κ3) is 2.41. The van der Waals surface area contributed by atoms with E-state index in [0.29, 0.717) is 29.1 Å². The fraction of sp³-hybridized carbons (Fsp3) is 0.105. The smallest absolute Gasteiger partial charge is 0.267 e. The van der Waals surface area contributed by atoms with Crippen LogP contribution in [0.1, 0.15) is 5.69 Å². The van der Waals surface area contributed by atoms with Crippen LogP contribution in [0.3, 0.4) is 0 Å². The molecule has 0 saturated heterocycles. The first-order valence-electron chi connectivity index (χ1n) is 8.60. The molecule has 5 aromatic rings. The molecule has 0 aliphatic heterocycles. The van der Waals surface area contributed by atoms with Crippen molar-refractivity contribution in [1.29, 1.82) is 0 Å². The maximum atomic E-state index is 13.2. The number of benzene rings is 1. The zero-order chi connectivity index (χ0) is 19.1. The predicted molar refractivity (Wildman–Crippen MR) is 102 cm³/mol. The molecular formula is C19H15N7O2. The molecule has 4 heterocycles. The van der Waals surface area contributed by atoms with Crippen LogP contribution in [0.2, 0.25) is 0 Å². The van der Waals surface area contributed by atoms with Crippen LogP contribution < -0.4 is 5.56 Å². The summed E-state index contributed by atoms with van der Waals surface area (Å²) in [5.41, 5.74) is 2.95. The van der Waals surface area contributed by atoms with Gasteiger partial charge in [-0.3, -0.25) is 14.5 Å². The lowest BCUT2D eigenvalue weighted by atomic mass is 10.1. The molecular weight excluding hydrogens is 358 g/mol. The number of nitrogens with one attached hydrogen (secondary N) is 1. The van der Waals surface area contributed by atoms with Crippen LogP contribution in [0, 0.1) is 0 Å². The van der Waals surface area contributed by atoms with Crippen LogP contribution in [0.25, 0.3) is 33.6 Å². The molecule has 0 bridgehead atoms. The number of aromatic nitrogens is 7. The minimum absolute atomic E-state index is 0.241. The van der Waals surface area contributed by atoms with Crippen molar-refractivity contribution in [1.82, 2.24) is 34.3 Å². The Morgan fingerprint density at radius 2 is 2.00 bits per heavy atom. The number of hydrogen-bond donors (Lipinski definition) is 1. The average Bonchev–Trinajstić information content (AvgIpc) is 3.36. The van der Waals surface area contributed by atoms with E-state index in [0.717, 1.165) is 16.8 Å². The van der Waals surface area contributed by atoms with E-state index in [-0.39, 0.29) is 5.56 Å². The first kappa shape index (κ1) is 16.3. The molecule has 0 aliphatic rings. The average molecular weight is 373 g/mol. The summed E-state index contributed by atoms with van der Waals surface area (Å²) in [5.74, 6) is 0.945. The quantitative estimate of drug-likeness (QED) is 0.517. The summed E-state index contributed by atoms with van der Waals surface area (Å²) in [6, 6.07) is 11.6. The lowest BCUT2D eigenvalue weighted by Gasteiger charge is -2.09. The van der Waals surface area contributed by atoms with Gasteiger partial charge in [0.05, 0.1) is 28.8 Å². The number of rotatable bonds is 4. The van der Waals surface area contributed by atoms with Crippen LogP contribution in [-0.4, -0.2) is 41.5 Å². The first-order valence-corrected chi connectivity index (χ1v) is 8.60. The van der Waals surface area contributed by atoms with Crippen molar-refractivity contribution in [3.63, 3.8) is 0 Å². The SMILES string of the molecule is COCc1[nH]nc(-n2ccc3c(cnc4ncnn43)c2=O)c1-c1ccccc1. The normalized spacial score (nSPS) is 11.5. The molecule has 0 aliphatic carbocycles. The Balaban J connectivity index is 1.78. The molecule has 9 nitrogen and oxygen atoms in total. The van der Waals surface area contributed by atoms with Crippen molar-refractivity contribution in [2.45, 2.75) is 6.61 Å². The molecule has 5 rings (SSSR count). The second-order valence-corrected chi connectivity index (χ2v) is 6.22. The van der Waals surface area contributed by atoms with Crippen molar-refractivity contribution in [3.05, 3.63) is 71.2 Å². The van der Waals surface area contributed by atoms with Gasteiger partial charge in [0.15, 0.2) is 5.82 Å². The van der Waals surface area contributed by atoms with Gasteiger partial charge >= 0.3 is 0 Å². The van der Waals surface area contributed by atoms with Crippen molar-refractivity contribution in [2.75, 3.05) is 7.11 Å². The number of hydrogen-bond acceptors (Lipinski definition) is 6. The summed E-state index contributed by atoms with van der Waals surface area (Å²) in [4.78, 5) is 21.5. The molecule has 4 aromatic heterocycles. The minimum Gasteiger partial charge on any atom is -0.378 e. The maximum absolute atomic E-state index is 13.2. The first-order chi connectivity index (χ1) is 13.8. The van der Waals surface area contributed by atoms with Gasteiger partial charge in [0.25, 0.3) is 11.3 Å². The van der Waals surface area contributed by atoms with Crippen molar-refractivity contribution in [2.24, 2.45) is 0 Å². The van der Waals surface area contributed by atoms with Crippen LogP contribution >= 0.6 is 0 Å². The third-order valence-electron chi connectivity index (χ3n) is 4.58. The number of H-pyrrole nitrogens is 1. The lowest BCUT2D eigenvalue weighted by molar-refractivity contribution is 0.182. The van der Waals surface area contributed by atoms with E-state index in [2.05, 4.69) is 25.3 Å². The fourth-order valence-electron chi connectivity index (χ4n) is 3.33. The Bertz CT molecular complexity index is 1350. The highest BCUT2D eigenvalue weighted by atomic mass is 16.5. The topological polar surface area (TPSA) is 103 Å². The Hall–Kier alpha value is -3.85. The second-order valence-electron chi connectivity index (χ2n) is 6.22. The lowest BCUT2D eigenvalue weighted by Crippen LogP contribution is -2.20. The largest absolute Gasteiger partial charge is 0.378 e. The molecule has 28 heavy (non-hydrogen) atoms. The number of aromatic amines is 1. The van der Waals surface area contributed by atoms with Gasteiger partial charge in [-0.15, -0.1) is 0 Å². The summed E-state index contributed by atoms with van der Waals surface area (Å²) < 4.78 is 8.34. The fourth-order valence-corrected chi connectivity index (χ4v) is 3.33. The number of nitrogens with zero attached hydrogens (tertiary/aromatic N) is 6. The summed E-state index contributed by atoms with van der Waals surface area (Å²) >= 11 is 0. The predicted octanol–water partition coefficient (Wildman–Crippen LogP) is 1.96. The van der Waals surface area contributed by atoms with E-state index in [4.69, 9.17) is 4.74 Å². The monoisotopic (exact) mass is 373 g/mol. The van der Waals surface area contributed by atoms with E-state index in [1.807, 2.05) is 30.3 Å². The van der Waals surface area contributed by atoms with Crippen molar-refractivity contribution >= 4 is 16.7 Å². The third-order valence-corrected chi connectivity index (χ3v) is 4.58. The van der Waals surface area contributed by atoms with Gasteiger partial charge in [-0.05, 0) is 11.6 Å². The van der Waals surface area contributed by atoms with E-state index >= 15 is 0 Å². The summed E-state index contributed by atoms with van der Waals surface area (Å²) in [6.45, 7) is 0.348. The summed E-state index contributed by atoms with van der Waals surface area (Å²) in [6.07, 6.45) is 4.61. The molecule has 1 N–H and O–H groups in total. The molecule has 138 valence electrons. The van der Waals surface area contributed by atoms with Gasteiger partial charge < -0.3 is 4.74 Å². The second kappa shape index (κ2) is 6.39. The maximum Gasteiger partial charge on any atom is 0.267 e. The molecule has 0 spiro atoms. The number of pyridine rings is 1. The van der Waals surface area contributed by atoms with Crippen LogP contribution in [0.4, 0.5) is 0 Å². The summed E-state index contributed by atoms with van der Waals surface area (Å²) in [7, 11) is 1.62. The molecule has 0 radical (unpaired) electrons. The van der Waals surface area contributed by atoms with E-state index < -0.39 is 0 Å². The zero-order valence-electron chi connectivity index (χ0n) is 14.9. The van der Waals surface area contributed by atoms with Crippen LogP contribution in [-0.2, 0) is 11.3 Å². The van der Waals surface area contributed by atoms with Gasteiger partial charge in [-0.1, -0.05) is 30.3 Å². The molecule has 0 amide bonds. The van der Waals surface area contributed by atoms with E-state index in [1.165, 1.54) is 17.1 Å². The van der Waals surface area contributed by atoms with Crippen molar-refractivity contribution < 1.29 is 4.74 Å². The Labute approximate surface area is 158 Å². The standard InChI is InChI=1S/C19H15N7O2/c1-28-10-14-16(12-5-3-2-4-6-12)17(24-23-14)25-8-7-15-13(18(25)27)9-20-19-21-11-22-26(15)19/h2-9,11H,10H2,1H3,(H,23,24). The zero-order valence-corrected chi connectivity index (χ0v) is 14.9. The highest BCUT2D eigenvalue weighted by molar-refractivity contribution is 5.80. The number of ether oxygens (including phenoxy) is 1. The molecule has 0 atom stereocenters. The molecule has 0 saturated carbocycles. The molecule has 0 fully saturated rings. The van der Waals surface area contributed by atoms with Gasteiger partial charge in [0.2, 0.25) is 0 Å². The van der Waals surface area contributed by atoms with Crippen molar-refractivity contribution in [3.8, 4) is 16.9 Å². The van der Waals surface area contributed by atoms with Gasteiger partial charge in [0.1, 0.15) is 6.33 Å². The molecule has 9 heteroatoms. The van der Waals surface area contributed by atoms with Gasteiger partial charge in [0, 0.05) is 19.5 Å². The Kier molecular flexibility index (Phi) is 3.73. The Morgan fingerprint density at radius 1 is 1.14 bits per heavy atom. The van der Waals surface area contributed by atoms with Crippen LogP contribution in [0.15, 0.2) is 59.9 Å². The number of methoxy groups -OCH3 is 1. The molecule has 0 unspecified atom stereocenters. The highest BCUT2D eigenvalue weighted by Crippen LogP contribution is 2.28. The summed E-state index contributed by atoms with van der Waals surface area (Å²) in [5, 5.41) is 12.0. The Morgan fingerprint density at radius 3 is 2.82 bits per heavy atom. The molecule has 1 aromatic carbocycles. The minimum atomic E-state index is -0.241. The van der Waals surface area contributed by atoms with E-state index in [1.54, 1.807) is 23.9 Å². The highest BCUT2D eigenvalue weighted by Gasteiger charge is 2.19. The van der Waals surface area contributed by atoms with Gasteiger partial charge in [-0.25, -0.2) is 4.98 Å². The van der Waals surface area contributed by atoms with E-state index in [9.17, 15) is 4.79 Å². The van der Waals surface area contributed by atoms with Crippen LogP contribution in [0.5, 0.6) is 0 Å².